The maximum atomic E-state index is 6.03. The molecule has 8 aromatic carbocycles. The van der Waals surface area contributed by atoms with E-state index in [1.165, 1.54) is 0 Å². The first-order valence-electron chi connectivity index (χ1n) is 40.8. The van der Waals surface area contributed by atoms with Gasteiger partial charge in [-0.2, -0.15) is 30.0 Å². The highest BCUT2D eigenvalue weighted by Crippen LogP contribution is 2.19. The molecule has 40 nitrogen and oxygen atoms in total. The Morgan fingerprint density at radius 2 is 0.657 bits per heavy atom. The topological polar surface area (TPSA) is 735 Å². The Morgan fingerprint density at radius 3 is 1.07 bits per heavy atom. The van der Waals surface area contributed by atoms with E-state index in [4.69, 9.17) is 179 Å². The van der Waals surface area contributed by atoms with Crippen LogP contribution < -0.4 is 125 Å². The summed E-state index contributed by atoms with van der Waals surface area (Å²) >= 11 is 35.1. The van der Waals surface area contributed by atoms with E-state index in [2.05, 4.69) is 95.8 Å². The molecule has 0 saturated heterocycles. The lowest BCUT2D eigenvalue weighted by Crippen LogP contribution is -2.42. The van der Waals surface area contributed by atoms with Gasteiger partial charge >= 0.3 is 0 Å². The van der Waals surface area contributed by atoms with Crippen LogP contribution in [0.4, 0.5) is 11.4 Å². The van der Waals surface area contributed by atoms with Gasteiger partial charge in [-0.15, -0.1) is 0 Å². The number of nitrogens with one attached hydrogen (secondary N) is 3. The summed E-state index contributed by atoms with van der Waals surface area (Å²) in [5.41, 5.74) is 114. The zero-order chi connectivity index (χ0) is 101. The highest BCUT2D eigenvalue weighted by molar-refractivity contribution is 6.32. The molecule has 8 rings (SSSR count). The fraction of sp³-hybridized carbons (Fsp3) is 0.273. The second kappa shape index (κ2) is 66.7. The van der Waals surface area contributed by atoms with Crippen molar-refractivity contribution < 1.29 is 0 Å². The highest BCUT2D eigenvalue weighted by Gasteiger charge is 2.07. The third-order valence-electron chi connectivity index (χ3n) is 15.4. The second-order valence-corrected chi connectivity index (χ2v) is 31.5. The van der Waals surface area contributed by atoms with Crippen molar-refractivity contribution in [1.29, 1.82) is 0 Å². The van der Waals surface area contributed by atoms with Gasteiger partial charge in [-0.1, -0.05) is 179 Å². The predicted octanol–water partition coefficient (Wildman–Crippen LogP) is 7.64. The quantitative estimate of drug-likeness (QED) is 0.0257. The van der Waals surface area contributed by atoms with E-state index in [9.17, 15) is 0 Å². The summed E-state index contributed by atoms with van der Waals surface area (Å²) in [6.07, 6.45) is 2.27. The number of aryl methyl sites for hydroxylation is 2. The molecular formula is C88H130Cl6N40. The highest BCUT2D eigenvalue weighted by atomic mass is 35.5. The Hall–Kier alpha value is -14.6. The summed E-state index contributed by atoms with van der Waals surface area (Å²) in [6, 6.07) is 60.7. The Bertz CT molecular complexity index is 5340. The standard InChI is InChI=1S/C13H20ClN5.2C12H18ClN5.C12H19N5.C11H16ClN5.C10H14ClN5.C9H12ClN5.C9H13N5/c1-9(2)18-13(16)19-12(15)17-8-7-10-3-5-11(14)6-4-10;1-8(2)17-12(15)18-11(14)16-7-9-3-5-10(13)6-4-9;1-18(2)12(15)17-11(14)16-8-7-9-5-3-4-6-10(9)13;1-8(2)15-11(13)17-12(14)16-10-6-4-5-9(3)7-10;1-17(2)11(14)16-10(13)15-7-8-5-3-4-6-9(8)12;11-8-3-1-7(2-4-8)5-6-15-10(14)16-9(12)13;10-7-3-1-6(2-4-7)5-14-9(13)15-8(11)12;1-6-3-2-4-7(5-6)13-9(12)14-8(10)11/h3-6,9H,7-8H2,1-2H3,(H5,15,16,17,18,19);3-6,8H,7H2,1-2H3,(H5,14,15,16,17,18);3-6H,7-8H2,1-2H3,(H4,14,15,16,17);4-8H,1-3H3,(H5,13,14,15,16,17);3-6H,7H2,1-2H3,(H4,13,14,15,16);1-4H,5-6H2,(H6,12,13,14,15,16);1-4H,5H2,(H6,11,12,13,14,15);2-5H,1H3,(H6,10,11,12,13,14). The number of halogens is 6. The number of aliphatic imine (C=N–C) groups is 16. The number of hydrogen-bond donors (Lipinski definition) is 22. The molecule has 134 heavy (non-hydrogen) atoms. The fourth-order valence-corrected chi connectivity index (χ4v) is 10.3. The number of benzene rings is 8. The van der Waals surface area contributed by atoms with Crippen molar-refractivity contribution in [3.8, 4) is 0 Å². The zero-order valence-corrected chi connectivity index (χ0v) is 81.9. The van der Waals surface area contributed by atoms with Gasteiger partial charge in [0.15, 0.2) is 53.6 Å². The maximum absolute atomic E-state index is 6.03. The Labute approximate surface area is 814 Å². The molecule has 0 heterocycles. The Kier molecular flexibility index (Phi) is 58.5. The van der Waals surface area contributed by atoms with Crippen molar-refractivity contribution in [2.24, 2.45) is 189 Å². The zero-order valence-electron chi connectivity index (χ0n) is 77.4. The van der Waals surface area contributed by atoms with Crippen LogP contribution in [0.2, 0.25) is 30.1 Å². The van der Waals surface area contributed by atoms with E-state index >= 15 is 0 Å². The van der Waals surface area contributed by atoms with Crippen molar-refractivity contribution in [3.63, 3.8) is 0 Å². The van der Waals surface area contributed by atoms with E-state index in [1.54, 1.807) is 56.2 Å². The van der Waals surface area contributed by atoms with E-state index in [0.717, 1.165) is 85.2 Å². The minimum Gasteiger partial charge on any atom is -0.370 e. The van der Waals surface area contributed by atoms with Gasteiger partial charge in [-0.3, -0.25) is 35.6 Å². The van der Waals surface area contributed by atoms with Crippen LogP contribution in [0.3, 0.4) is 0 Å². The van der Waals surface area contributed by atoms with E-state index in [0.29, 0.717) is 71.3 Å². The minimum absolute atomic E-state index is 0.0515. The largest absolute Gasteiger partial charge is 0.370 e. The SMILES string of the molecule is CC(C)N=C(N)NC(N)=NCCc1ccc(Cl)cc1.CC(C)N=C(N)NC(N)=NCc1ccc(Cl)cc1.CN(C)C(N)=NC(N)=NCCc1ccccc1Cl.CN(C)C(N)=NC(N)=NCc1ccccc1Cl.Cc1cccc(N=C(N)N=C(N)N)c1.Cc1cccc(NC(N)=NC(N)=NC(C)C)c1.NC(N)=NC(N)=NCCc1ccc(Cl)cc1.NC(N)=NC(N)=NCc1ccc(Cl)cc1. The number of nitrogens with two attached hydrogens (primary N) is 19. The Balaban J connectivity index is 0.000000767. The van der Waals surface area contributed by atoms with Gasteiger partial charge in [-0.25, -0.2) is 25.0 Å². The van der Waals surface area contributed by atoms with Crippen LogP contribution in [-0.2, 0) is 38.9 Å². The van der Waals surface area contributed by atoms with Gasteiger partial charge in [0.05, 0.1) is 25.3 Å². The number of guanidine groups is 16. The summed E-state index contributed by atoms with van der Waals surface area (Å²) in [4.78, 5) is 66.7. The Morgan fingerprint density at radius 1 is 0.306 bits per heavy atom. The molecule has 0 amide bonds. The summed E-state index contributed by atoms with van der Waals surface area (Å²) in [7, 11) is 7.13. The first-order valence-corrected chi connectivity index (χ1v) is 43.1. The molecule has 8 aromatic rings. The monoisotopic (exact) mass is 1960 g/mol. The van der Waals surface area contributed by atoms with Crippen LogP contribution >= 0.6 is 69.6 Å². The van der Waals surface area contributed by atoms with Crippen molar-refractivity contribution >= 4 is 176 Å². The van der Waals surface area contributed by atoms with Crippen LogP contribution in [0.5, 0.6) is 0 Å². The summed E-state index contributed by atoms with van der Waals surface area (Å²) in [5, 5.41) is 12.6. The first kappa shape index (κ1) is 117. The molecule has 41 N–H and O–H groups in total. The molecule has 0 radical (unpaired) electrons. The molecule has 0 aliphatic heterocycles. The summed E-state index contributed by atoms with van der Waals surface area (Å²) in [5.74, 6) is 2.33. The van der Waals surface area contributed by atoms with Gasteiger partial charge in [0, 0.05) is 102 Å². The summed E-state index contributed by atoms with van der Waals surface area (Å²) in [6.45, 7) is 18.4. The van der Waals surface area contributed by atoms with E-state index < -0.39 is 0 Å². The van der Waals surface area contributed by atoms with Crippen LogP contribution in [0.1, 0.15) is 86.1 Å². The molecule has 0 aromatic heterocycles. The molecule has 724 valence electrons. The number of nitrogens with zero attached hydrogens (tertiary/aromatic N) is 18. The van der Waals surface area contributed by atoms with Gasteiger partial charge in [0.2, 0.25) is 41.7 Å². The third-order valence-corrected chi connectivity index (χ3v) is 17.2. The van der Waals surface area contributed by atoms with Crippen LogP contribution in [0.25, 0.3) is 0 Å². The molecule has 46 heteroatoms. The molecule has 0 atom stereocenters. The summed E-state index contributed by atoms with van der Waals surface area (Å²) < 4.78 is 0. The number of anilines is 1. The first-order chi connectivity index (χ1) is 63.1. The minimum atomic E-state index is -0.104. The fourth-order valence-electron chi connectivity index (χ4n) is 9.33. The maximum Gasteiger partial charge on any atom is 0.223 e. The van der Waals surface area contributed by atoms with Gasteiger partial charge in [0.25, 0.3) is 0 Å². The van der Waals surface area contributed by atoms with E-state index in [1.807, 2.05) is 231 Å². The molecule has 0 fully saturated rings. The van der Waals surface area contributed by atoms with Crippen LogP contribution in [0, 0.1) is 13.8 Å². The van der Waals surface area contributed by atoms with Crippen molar-refractivity contribution in [1.82, 2.24) is 20.4 Å². The van der Waals surface area contributed by atoms with Gasteiger partial charge < -0.3 is 124 Å². The van der Waals surface area contributed by atoms with Gasteiger partial charge in [-0.05, 0) is 204 Å². The van der Waals surface area contributed by atoms with E-state index in [-0.39, 0.29) is 102 Å². The average Bonchev–Trinajstić information content (AvgIpc) is 0.919. The normalized spacial score (nSPS) is 12.2. The van der Waals surface area contributed by atoms with Crippen LogP contribution in [0.15, 0.2) is 274 Å². The predicted molar refractivity (Wildman–Crippen MR) is 569 cm³/mol. The lowest BCUT2D eigenvalue weighted by Gasteiger charge is -2.09. The molecule has 0 aliphatic rings. The smallest absolute Gasteiger partial charge is 0.223 e. The van der Waals surface area contributed by atoms with Gasteiger partial charge in [0.1, 0.15) is 0 Å². The molecule has 0 unspecified atom stereocenters. The number of hydrogen-bond acceptors (Lipinski definition) is 10. The number of rotatable bonds is 20. The average molecular weight is 1960 g/mol. The van der Waals surface area contributed by atoms with Crippen molar-refractivity contribution in [2.45, 2.75) is 112 Å². The van der Waals surface area contributed by atoms with Crippen LogP contribution in [-0.4, -0.2) is 171 Å². The molecule has 0 saturated carbocycles. The molecule has 0 bridgehead atoms. The molecular weight excluding hydrogens is 1830 g/mol. The lowest BCUT2D eigenvalue weighted by molar-refractivity contribution is 0.615. The second-order valence-electron chi connectivity index (χ2n) is 28.9. The van der Waals surface area contributed by atoms with Crippen molar-refractivity contribution in [3.05, 3.63) is 269 Å². The molecule has 0 aliphatic carbocycles. The third kappa shape index (κ3) is 61.8. The van der Waals surface area contributed by atoms with Crippen molar-refractivity contribution in [2.75, 3.05) is 53.1 Å². The lowest BCUT2D eigenvalue weighted by atomic mass is 10.1. The molecule has 0 spiro atoms.